The van der Waals surface area contributed by atoms with Crippen LogP contribution in [0.15, 0.2) is 48.8 Å². The molecule has 0 amide bonds. The lowest BCUT2D eigenvalue weighted by molar-refractivity contribution is 0.310. The lowest BCUT2D eigenvalue weighted by Crippen LogP contribution is -2.43. The molecule has 7 heteroatoms. The van der Waals surface area contributed by atoms with E-state index in [2.05, 4.69) is 38.9 Å². The number of piperidine rings is 1. The first-order valence-corrected chi connectivity index (χ1v) is 9.97. The van der Waals surface area contributed by atoms with E-state index in [1.165, 1.54) is 0 Å². The smallest absolute Gasteiger partial charge is 0.162 e. The minimum Gasteiger partial charge on any atom is -0.356 e. The van der Waals surface area contributed by atoms with Crippen LogP contribution in [-0.4, -0.2) is 40.2 Å². The van der Waals surface area contributed by atoms with Crippen LogP contribution in [0.1, 0.15) is 19.3 Å². The first-order chi connectivity index (χ1) is 13.8. The van der Waals surface area contributed by atoms with Gasteiger partial charge in [-0.2, -0.15) is 0 Å². The number of hydrogen-bond donors (Lipinski definition) is 3. The fourth-order valence-corrected chi connectivity index (χ4v) is 4.36. The van der Waals surface area contributed by atoms with Gasteiger partial charge in [0.2, 0.25) is 0 Å². The van der Waals surface area contributed by atoms with Crippen LogP contribution >= 0.6 is 0 Å². The second-order valence-corrected chi connectivity index (χ2v) is 7.69. The molecule has 0 bridgehead atoms. The quantitative estimate of drug-likeness (QED) is 0.645. The van der Waals surface area contributed by atoms with Crippen molar-refractivity contribution in [1.82, 2.24) is 25.8 Å². The molecule has 2 aromatic heterocycles. The number of fused-ring (bicyclic) bond motifs is 1. The highest BCUT2D eigenvalue weighted by Gasteiger charge is 2.32. The molecule has 4 N–H and O–H groups in total. The Hall–Kier alpha value is -2.61. The predicted octanol–water partition coefficient (Wildman–Crippen LogP) is 2.06. The number of nitrogens with zero attached hydrogens (tertiary/aromatic N) is 4. The molecule has 2 saturated heterocycles. The second-order valence-electron chi connectivity index (χ2n) is 7.69. The molecule has 2 unspecified atom stereocenters. The largest absolute Gasteiger partial charge is 0.356 e. The van der Waals surface area contributed by atoms with E-state index in [0.717, 1.165) is 60.5 Å². The Balaban J connectivity index is 1.44. The monoisotopic (exact) mass is 375 g/mol. The number of nitrogens with one attached hydrogen (secondary N) is 2. The summed E-state index contributed by atoms with van der Waals surface area (Å²) in [5, 5.41) is 1.11. The van der Waals surface area contributed by atoms with Crippen molar-refractivity contribution in [3.8, 4) is 11.4 Å². The van der Waals surface area contributed by atoms with Crippen molar-refractivity contribution in [3.05, 3.63) is 48.8 Å². The van der Waals surface area contributed by atoms with Gasteiger partial charge in [0.1, 0.15) is 5.82 Å². The number of anilines is 1. The second kappa shape index (κ2) is 7.43. The number of nitrogens with two attached hydrogens (primary N) is 1. The van der Waals surface area contributed by atoms with E-state index >= 15 is 0 Å². The summed E-state index contributed by atoms with van der Waals surface area (Å²) >= 11 is 0. The summed E-state index contributed by atoms with van der Waals surface area (Å²) in [6.07, 6.45) is 6.90. The Kier molecular flexibility index (Phi) is 4.64. The van der Waals surface area contributed by atoms with Crippen molar-refractivity contribution in [3.63, 3.8) is 0 Å². The first-order valence-electron chi connectivity index (χ1n) is 9.97. The van der Waals surface area contributed by atoms with Gasteiger partial charge < -0.3 is 10.6 Å². The molecule has 3 aromatic rings. The maximum atomic E-state index is 5.98. The van der Waals surface area contributed by atoms with Gasteiger partial charge in [0.25, 0.3) is 0 Å². The van der Waals surface area contributed by atoms with Crippen molar-refractivity contribution in [1.29, 1.82) is 0 Å². The van der Waals surface area contributed by atoms with Gasteiger partial charge in [0.05, 0.1) is 11.7 Å². The van der Waals surface area contributed by atoms with Gasteiger partial charge in [-0.05, 0) is 49.4 Å². The minimum absolute atomic E-state index is 0.0664. The molecular weight excluding hydrogens is 350 g/mol. The normalized spacial score (nSPS) is 23.4. The van der Waals surface area contributed by atoms with Gasteiger partial charge in [-0.3, -0.25) is 10.4 Å². The predicted molar refractivity (Wildman–Crippen MR) is 110 cm³/mol. The van der Waals surface area contributed by atoms with Crippen LogP contribution in [0.3, 0.4) is 0 Å². The molecule has 144 valence electrons. The standard InChI is InChI=1S/C21H25N7/c22-19-13-18(26-27-19)14-7-11-28(12-8-14)21-16-3-1-2-4-17(16)24-20(25-21)15-5-9-23-10-6-15/h1-6,9-10,14,18-19,26-27H,7-8,11-13,22H2. The molecular formula is C21H25N7. The van der Waals surface area contributed by atoms with E-state index in [9.17, 15) is 0 Å². The molecule has 0 spiro atoms. The van der Waals surface area contributed by atoms with Crippen molar-refractivity contribution >= 4 is 16.7 Å². The van der Waals surface area contributed by atoms with Gasteiger partial charge in [-0.15, -0.1) is 0 Å². The first kappa shape index (κ1) is 17.5. The molecule has 28 heavy (non-hydrogen) atoms. The van der Waals surface area contributed by atoms with Crippen molar-refractivity contribution in [2.45, 2.75) is 31.5 Å². The molecule has 5 rings (SSSR count). The van der Waals surface area contributed by atoms with E-state index < -0.39 is 0 Å². The molecule has 2 atom stereocenters. The average Bonchev–Trinajstić information content (AvgIpc) is 3.20. The zero-order valence-corrected chi connectivity index (χ0v) is 15.8. The average molecular weight is 375 g/mol. The van der Waals surface area contributed by atoms with Crippen LogP contribution in [0.25, 0.3) is 22.3 Å². The lowest BCUT2D eigenvalue weighted by Gasteiger charge is -2.35. The molecule has 0 aliphatic carbocycles. The van der Waals surface area contributed by atoms with Crippen LogP contribution in [0.4, 0.5) is 5.82 Å². The fraction of sp³-hybridized carbons (Fsp3) is 0.381. The highest BCUT2D eigenvalue weighted by molar-refractivity contribution is 5.91. The van der Waals surface area contributed by atoms with E-state index in [0.29, 0.717) is 12.0 Å². The van der Waals surface area contributed by atoms with Crippen molar-refractivity contribution < 1.29 is 0 Å². The summed E-state index contributed by atoms with van der Waals surface area (Å²) in [6, 6.07) is 12.7. The highest BCUT2D eigenvalue weighted by atomic mass is 15.4. The van der Waals surface area contributed by atoms with Crippen LogP contribution in [0.2, 0.25) is 0 Å². The van der Waals surface area contributed by atoms with Gasteiger partial charge in [-0.25, -0.2) is 15.4 Å². The molecule has 0 saturated carbocycles. The van der Waals surface area contributed by atoms with Gasteiger partial charge in [-0.1, -0.05) is 12.1 Å². The molecule has 2 aliphatic rings. The summed E-state index contributed by atoms with van der Waals surface area (Å²) < 4.78 is 0. The SMILES string of the molecule is NC1CC(C2CCN(c3nc(-c4ccncc4)nc4ccccc34)CC2)NN1. The number of hydrazine groups is 1. The number of aromatic nitrogens is 3. The molecule has 0 radical (unpaired) electrons. The van der Waals surface area contributed by atoms with E-state index in [1.54, 1.807) is 12.4 Å². The van der Waals surface area contributed by atoms with Crippen molar-refractivity contribution in [2.24, 2.45) is 11.7 Å². The Morgan fingerprint density at radius 1 is 0.964 bits per heavy atom. The highest BCUT2D eigenvalue weighted by Crippen LogP contribution is 2.32. The molecule has 4 heterocycles. The summed E-state index contributed by atoms with van der Waals surface area (Å²) in [4.78, 5) is 16.3. The topological polar surface area (TPSA) is 92.0 Å². The minimum atomic E-state index is 0.0664. The zero-order valence-electron chi connectivity index (χ0n) is 15.8. The van der Waals surface area contributed by atoms with Crippen LogP contribution < -0.4 is 21.5 Å². The molecule has 2 aliphatic heterocycles. The number of pyridine rings is 1. The van der Waals surface area contributed by atoms with E-state index in [4.69, 9.17) is 15.7 Å². The maximum Gasteiger partial charge on any atom is 0.162 e. The van der Waals surface area contributed by atoms with Crippen LogP contribution in [-0.2, 0) is 0 Å². The molecule has 7 nitrogen and oxygen atoms in total. The summed E-state index contributed by atoms with van der Waals surface area (Å²) in [5.41, 5.74) is 14.5. The van der Waals surface area contributed by atoms with Gasteiger partial charge in [0, 0.05) is 42.5 Å². The summed E-state index contributed by atoms with van der Waals surface area (Å²) in [5.74, 6) is 2.43. The zero-order chi connectivity index (χ0) is 18.9. The van der Waals surface area contributed by atoms with Gasteiger partial charge >= 0.3 is 0 Å². The molecule has 2 fully saturated rings. The maximum absolute atomic E-state index is 5.98. The third-order valence-electron chi connectivity index (χ3n) is 5.89. The third kappa shape index (κ3) is 3.32. The third-order valence-corrected chi connectivity index (χ3v) is 5.89. The number of hydrogen-bond acceptors (Lipinski definition) is 7. The van der Waals surface area contributed by atoms with Crippen LogP contribution in [0.5, 0.6) is 0 Å². The summed E-state index contributed by atoms with van der Waals surface area (Å²) in [6.45, 7) is 1.99. The number of para-hydroxylation sites is 1. The Labute approximate surface area is 164 Å². The Morgan fingerprint density at radius 2 is 1.75 bits per heavy atom. The summed E-state index contributed by atoms with van der Waals surface area (Å²) in [7, 11) is 0. The Bertz CT molecular complexity index is 953. The van der Waals surface area contributed by atoms with Crippen LogP contribution in [0, 0.1) is 5.92 Å². The number of rotatable bonds is 3. The van der Waals surface area contributed by atoms with E-state index in [1.807, 2.05) is 18.2 Å². The molecule has 1 aromatic carbocycles. The van der Waals surface area contributed by atoms with E-state index in [-0.39, 0.29) is 6.17 Å². The number of benzene rings is 1. The van der Waals surface area contributed by atoms with Crippen molar-refractivity contribution in [2.75, 3.05) is 18.0 Å². The Morgan fingerprint density at radius 3 is 2.50 bits per heavy atom. The lowest BCUT2D eigenvalue weighted by atomic mass is 9.88. The van der Waals surface area contributed by atoms with Gasteiger partial charge in [0.15, 0.2) is 5.82 Å². The fourth-order valence-electron chi connectivity index (χ4n) is 4.36.